The summed E-state index contributed by atoms with van der Waals surface area (Å²) < 4.78 is 5.08. The van der Waals surface area contributed by atoms with Crippen molar-refractivity contribution in [3.63, 3.8) is 0 Å². The maximum Gasteiger partial charge on any atom is 0.261 e. The van der Waals surface area contributed by atoms with Gasteiger partial charge in [-0.15, -0.1) is 11.3 Å². The van der Waals surface area contributed by atoms with Crippen LogP contribution in [0.15, 0.2) is 41.8 Å². The Hall–Kier alpha value is -1.33. The lowest BCUT2D eigenvalue weighted by Gasteiger charge is -2.16. The van der Waals surface area contributed by atoms with E-state index < -0.39 is 0 Å². The molecule has 0 aliphatic rings. The smallest absolute Gasteiger partial charge is 0.261 e. The number of rotatable bonds is 5. The molecule has 1 aromatic carbocycles. The van der Waals surface area contributed by atoms with E-state index in [2.05, 4.69) is 21.2 Å². The third kappa shape index (κ3) is 3.58. The van der Waals surface area contributed by atoms with E-state index in [1.54, 1.807) is 13.2 Å². The Balaban J connectivity index is 2.08. The molecule has 1 aromatic heterocycles. The summed E-state index contributed by atoms with van der Waals surface area (Å²) in [5, 5.41) is 5.50. The Morgan fingerprint density at radius 2 is 2.16 bits per heavy atom. The van der Waals surface area contributed by atoms with E-state index in [4.69, 9.17) is 4.74 Å². The van der Waals surface area contributed by atoms with Gasteiger partial charge in [0.1, 0.15) is 5.75 Å². The molecule has 3 nitrogen and oxygen atoms in total. The van der Waals surface area contributed by atoms with E-state index in [1.807, 2.05) is 35.7 Å². The molecule has 5 heteroatoms. The second-order valence-corrected chi connectivity index (χ2v) is 5.50. The van der Waals surface area contributed by atoms with Gasteiger partial charge < -0.3 is 10.1 Å². The minimum Gasteiger partial charge on any atom is -0.496 e. The molecule has 100 valence electrons. The largest absolute Gasteiger partial charge is 0.496 e. The van der Waals surface area contributed by atoms with Gasteiger partial charge in [0.25, 0.3) is 5.91 Å². The van der Waals surface area contributed by atoms with Crippen molar-refractivity contribution in [1.82, 2.24) is 5.32 Å². The Morgan fingerprint density at radius 1 is 1.42 bits per heavy atom. The van der Waals surface area contributed by atoms with E-state index in [1.165, 1.54) is 11.3 Å². The highest BCUT2D eigenvalue weighted by Crippen LogP contribution is 2.22. The third-order valence-corrected chi connectivity index (χ3v) is 4.25. The first-order valence-corrected chi connectivity index (χ1v) is 7.79. The quantitative estimate of drug-likeness (QED) is 0.845. The number of thiophene rings is 1. The molecule has 19 heavy (non-hydrogen) atoms. The fraction of sp³-hybridized carbons (Fsp3) is 0.214. The molecule has 0 spiro atoms. The van der Waals surface area contributed by atoms with Crippen LogP contribution >= 0.6 is 27.3 Å². The Kier molecular flexibility index (Phi) is 4.99. The molecule has 1 heterocycles. The number of halogens is 1. The molecule has 1 N–H and O–H groups in total. The molecular weight excluding hydrogens is 326 g/mol. The number of methoxy groups -OCH3 is 1. The fourth-order valence-electron chi connectivity index (χ4n) is 1.67. The molecule has 2 aromatic rings. The number of amides is 1. The predicted molar refractivity (Wildman–Crippen MR) is 81.3 cm³/mol. The van der Waals surface area contributed by atoms with Crippen molar-refractivity contribution in [2.24, 2.45) is 0 Å². The average molecular weight is 340 g/mol. The van der Waals surface area contributed by atoms with Gasteiger partial charge in [-0.25, -0.2) is 0 Å². The third-order valence-electron chi connectivity index (χ3n) is 2.70. The van der Waals surface area contributed by atoms with Gasteiger partial charge >= 0.3 is 0 Å². The van der Waals surface area contributed by atoms with E-state index in [-0.39, 0.29) is 11.9 Å². The standard InChI is InChI=1S/C14H14BrNO2S/c1-18-11-7-13(19-9-11)14(17)16-12(8-15)10-5-3-2-4-6-10/h2-7,9,12H,8H2,1H3,(H,16,17). The Labute approximate surface area is 124 Å². The summed E-state index contributed by atoms with van der Waals surface area (Å²) in [6.45, 7) is 0. The van der Waals surface area contributed by atoms with E-state index >= 15 is 0 Å². The fourth-order valence-corrected chi connectivity index (χ4v) is 2.96. The molecule has 0 saturated carbocycles. The zero-order valence-electron chi connectivity index (χ0n) is 10.4. The first-order chi connectivity index (χ1) is 9.24. The van der Waals surface area contributed by atoms with Crippen molar-refractivity contribution in [3.05, 3.63) is 52.2 Å². The van der Waals surface area contributed by atoms with Crippen LogP contribution in [0.5, 0.6) is 5.75 Å². The van der Waals surface area contributed by atoms with Crippen LogP contribution in [-0.4, -0.2) is 18.3 Å². The summed E-state index contributed by atoms with van der Waals surface area (Å²) >= 11 is 4.81. The highest BCUT2D eigenvalue weighted by atomic mass is 79.9. The molecule has 0 fully saturated rings. The number of hydrogen-bond donors (Lipinski definition) is 1. The van der Waals surface area contributed by atoms with Crippen LogP contribution in [0.2, 0.25) is 0 Å². The molecule has 0 aliphatic heterocycles. The van der Waals surface area contributed by atoms with Gasteiger partial charge in [0.15, 0.2) is 0 Å². The molecule has 1 amide bonds. The van der Waals surface area contributed by atoms with Crippen molar-refractivity contribution in [3.8, 4) is 5.75 Å². The number of benzene rings is 1. The highest BCUT2D eigenvalue weighted by molar-refractivity contribution is 9.09. The van der Waals surface area contributed by atoms with Gasteiger partial charge in [-0.05, 0) is 5.56 Å². The first kappa shape index (κ1) is 14.1. The van der Waals surface area contributed by atoms with Gasteiger partial charge in [-0.3, -0.25) is 4.79 Å². The summed E-state index contributed by atoms with van der Waals surface area (Å²) in [6, 6.07) is 11.6. The summed E-state index contributed by atoms with van der Waals surface area (Å²) in [7, 11) is 1.59. The number of carbonyl (C=O) groups is 1. The lowest BCUT2D eigenvalue weighted by atomic mass is 10.1. The molecule has 0 aliphatic carbocycles. The molecule has 0 radical (unpaired) electrons. The molecule has 0 bridgehead atoms. The number of carbonyl (C=O) groups excluding carboxylic acids is 1. The highest BCUT2D eigenvalue weighted by Gasteiger charge is 2.16. The van der Waals surface area contributed by atoms with Gasteiger partial charge in [-0.1, -0.05) is 46.3 Å². The zero-order valence-corrected chi connectivity index (χ0v) is 12.8. The molecule has 0 saturated heterocycles. The number of alkyl halides is 1. The minimum absolute atomic E-state index is 0.0400. The van der Waals surface area contributed by atoms with Crippen LogP contribution in [-0.2, 0) is 0 Å². The van der Waals surface area contributed by atoms with Crippen LogP contribution in [0, 0.1) is 0 Å². The van der Waals surface area contributed by atoms with Crippen molar-refractivity contribution >= 4 is 33.2 Å². The molecule has 1 atom stereocenters. The Morgan fingerprint density at radius 3 is 2.74 bits per heavy atom. The number of hydrogen-bond acceptors (Lipinski definition) is 3. The second-order valence-electron chi connectivity index (χ2n) is 3.94. The van der Waals surface area contributed by atoms with E-state index in [9.17, 15) is 4.79 Å². The van der Waals surface area contributed by atoms with Crippen molar-refractivity contribution in [1.29, 1.82) is 0 Å². The minimum atomic E-state index is -0.0818. The molecular formula is C14H14BrNO2S. The first-order valence-electron chi connectivity index (χ1n) is 5.79. The number of ether oxygens (including phenoxy) is 1. The summed E-state index contributed by atoms with van der Waals surface area (Å²) in [5.41, 5.74) is 1.08. The zero-order chi connectivity index (χ0) is 13.7. The van der Waals surface area contributed by atoms with Crippen molar-refractivity contribution in [2.45, 2.75) is 6.04 Å². The average Bonchev–Trinajstić information content (AvgIpc) is 2.94. The summed E-state index contributed by atoms with van der Waals surface area (Å²) in [5.74, 6) is 0.631. The summed E-state index contributed by atoms with van der Waals surface area (Å²) in [6.07, 6.45) is 0. The van der Waals surface area contributed by atoms with Crippen LogP contribution in [0.25, 0.3) is 0 Å². The lowest BCUT2D eigenvalue weighted by molar-refractivity contribution is 0.0944. The normalized spacial score (nSPS) is 11.9. The van der Waals surface area contributed by atoms with Crippen LogP contribution < -0.4 is 10.1 Å². The monoisotopic (exact) mass is 339 g/mol. The van der Waals surface area contributed by atoms with Gasteiger partial charge in [0.05, 0.1) is 18.0 Å². The molecule has 1 unspecified atom stereocenters. The van der Waals surface area contributed by atoms with E-state index in [0.717, 1.165) is 5.56 Å². The predicted octanol–water partition coefficient (Wildman–Crippen LogP) is 3.62. The van der Waals surface area contributed by atoms with Crippen LogP contribution in [0.1, 0.15) is 21.3 Å². The van der Waals surface area contributed by atoms with Crippen molar-refractivity contribution < 1.29 is 9.53 Å². The Bertz CT molecular complexity index is 541. The SMILES string of the molecule is COc1csc(C(=O)NC(CBr)c2ccccc2)c1. The maximum absolute atomic E-state index is 12.1. The second kappa shape index (κ2) is 6.73. The number of nitrogens with one attached hydrogen (secondary N) is 1. The lowest BCUT2D eigenvalue weighted by Crippen LogP contribution is -2.28. The van der Waals surface area contributed by atoms with Gasteiger partial charge in [-0.2, -0.15) is 0 Å². The van der Waals surface area contributed by atoms with Gasteiger partial charge in [0, 0.05) is 16.8 Å². The topological polar surface area (TPSA) is 38.3 Å². The van der Waals surface area contributed by atoms with Crippen LogP contribution in [0.3, 0.4) is 0 Å². The summed E-state index contributed by atoms with van der Waals surface area (Å²) in [4.78, 5) is 12.8. The maximum atomic E-state index is 12.1. The van der Waals surface area contributed by atoms with Crippen molar-refractivity contribution in [2.75, 3.05) is 12.4 Å². The van der Waals surface area contributed by atoms with Crippen LogP contribution in [0.4, 0.5) is 0 Å². The van der Waals surface area contributed by atoms with Gasteiger partial charge in [0.2, 0.25) is 0 Å². The van der Waals surface area contributed by atoms with E-state index in [0.29, 0.717) is 16.0 Å². The molecule has 2 rings (SSSR count).